The Labute approximate surface area is 84.8 Å². The Morgan fingerprint density at radius 3 is 2.62 bits per heavy atom. The summed E-state index contributed by atoms with van der Waals surface area (Å²) in [6.45, 7) is 2.56. The number of piperidine rings is 1. The smallest absolute Gasteiger partial charge is 0.232 e. The van der Waals surface area contributed by atoms with Gasteiger partial charge >= 0.3 is 0 Å². The third-order valence-electron chi connectivity index (χ3n) is 2.50. The Kier molecular flexibility index (Phi) is 4.59. The molecule has 1 heterocycles. The van der Waals surface area contributed by atoms with Crippen molar-refractivity contribution in [3.05, 3.63) is 0 Å². The van der Waals surface area contributed by atoms with Gasteiger partial charge in [-0.05, 0) is 18.8 Å². The van der Waals surface area contributed by atoms with Gasteiger partial charge in [0, 0.05) is 26.8 Å². The standard InChI is InChI=1S/C9H17NO2S/c1-12-6-8-2-4-10(5-3-8)9(11)7-13/h8,13H,2-7H2,1H3. The zero-order valence-corrected chi connectivity index (χ0v) is 8.93. The van der Waals surface area contributed by atoms with Crippen LogP contribution in [0.25, 0.3) is 0 Å². The van der Waals surface area contributed by atoms with E-state index in [0.717, 1.165) is 32.5 Å². The second-order valence-corrected chi connectivity index (χ2v) is 3.75. The summed E-state index contributed by atoms with van der Waals surface area (Å²) < 4.78 is 5.08. The van der Waals surface area contributed by atoms with Gasteiger partial charge in [0.15, 0.2) is 0 Å². The molecule has 0 radical (unpaired) electrons. The quantitative estimate of drug-likeness (QED) is 0.688. The molecule has 4 heteroatoms. The van der Waals surface area contributed by atoms with E-state index in [0.29, 0.717) is 11.7 Å². The lowest BCUT2D eigenvalue weighted by molar-refractivity contribution is -0.129. The number of nitrogens with zero attached hydrogens (tertiary/aromatic N) is 1. The van der Waals surface area contributed by atoms with E-state index >= 15 is 0 Å². The molecular weight excluding hydrogens is 186 g/mol. The second kappa shape index (κ2) is 5.50. The topological polar surface area (TPSA) is 29.5 Å². The van der Waals surface area contributed by atoms with E-state index < -0.39 is 0 Å². The van der Waals surface area contributed by atoms with Crippen LogP contribution in [0.3, 0.4) is 0 Å². The summed E-state index contributed by atoms with van der Waals surface area (Å²) in [6, 6.07) is 0. The highest BCUT2D eigenvalue weighted by Crippen LogP contribution is 2.17. The fraction of sp³-hybridized carbons (Fsp3) is 0.889. The first-order chi connectivity index (χ1) is 6.27. The van der Waals surface area contributed by atoms with Crippen molar-refractivity contribution >= 4 is 18.5 Å². The Bertz CT molecular complexity index is 167. The molecule has 0 saturated carbocycles. The number of hydrogen-bond acceptors (Lipinski definition) is 3. The van der Waals surface area contributed by atoms with Crippen LogP contribution in [0.4, 0.5) is 0 Å². The van der Waals surface area contributed by atoms with Crippen molar-refractivity contribution in [2.24, 2.45) is 5.92 Å². The summed E-state index contributed by atoms with van der Waals surface area (Å²) in [7, 11) is 1.73. The SMILES string of the molecule is COCC1CCN(C(=O)CS)CC1. The van der Waals surface area contributed by atoms with Gasteiger partial charge in [-0.2, -0.15) is 12.6 Å². The second-order valence-electron chi connectivity index (χ2n) is 3.44. The molecule has 0 aromatic heterocycles. The zero-order chi connectivity index (χ0) is 9.68. The number of likely N-dealkylation sites (tertiary alicyclic amines) is 1. The van der Waals surface area contributed by atoms with Crippen LogP contribution in [0.1, 0.15) is 12.8 Å². The van der Waals surface area contributed by atoms with E-state index in [1.807, 2.05) is 4.90 Å². The maximum absolute atomic E-state index is 11.2. The van der Waals surface area contributed by atoms with Gasteiger partial charge in [-0.1, -0.05) is 0 Å². The van der Waals surface area contributed by atoms with Crippen molar-refractivity contribution in [3.63, 3.8) is 0 Å². The Hall–Kier alpha value is -0.220. The van der Waals surface area contributed by atoms with Crippen molar-refractivity contribution in [1.82, 2.24) is 4.90 Å². The average molecular weight is 203 g/mol. The summed E-state index contributed by atoms with van der Waals surface area (Å²) in [6.07, 6.45) is 2.13. The number of ether oxygens (including phenoxy) is 1. The van der Waals surface area contributed by atoms with Gasteiger partial charge in [0.05, 0.1) is 5.75 Å². The third-order valence-corrected chi connectivity index (χ3v) is 2.78. The van der Waals surface area contributed by atoms with Crippen LogP contribution >= 0.6 is 12.6 Å². The molecular formula is C9H17NO2S. The van der Waals surface area contributed by atoms with Crippen LogP contribution in [0.2, 0.25) is 0 Å². The minimum absolute atomic E-state index is 0.152. The average Bonchev–Trinajstić information content (AvgIpc) is 2.18. The Balaban J connectivity index is 2.26. The Morgan fingerprint density at radius 2 is 2.15 bits per heavy atom. The minimum atomic E-state index is 0.152. The van der Waals surface area contributed by atoms with Gasteiger partial charge in [0.1, 0.15) is 0 Å². The van der Waals surface area contributed by atoms with Crippen LogP contribution in [0.5, 0.6) is 0 Å². The van der Waals surface area contributed by atoms with E-state index in [1.54, 1.807) is 7.11 Å². The molecule has 13 heavy (non-hydrogen) atoms. The van der Waals surface area contributed by atoms with Gasteiger partial charge in [-0.15, -0.1) is 0 Å². The number of rotatable bonds is 3. The molecule has 0 aromatic rings. The van der Waals surface area contributed by atoms with Gasteiger partial charge in [0.2, 0.25) is 5.91 Å². The first kappa shape index (κ1) is 10.9. The fourth-order valence-corrected chi connectivity index (χ4v) is 1.88. The molecule has 0 N–H and O–H groups in total. The molecule has 1 fully saturated rings. The lowest BCUT2D eigenvalue weighted by Gasteiger charge is -2.31. The molecule has 1 aliphatic rings. The van der Waals surface area contributed by atoms with E-state index in [1.165, 1.54) is 0 Å². The number of thiol groups is 1. The molecule has 0 aromatic carbocycles. The maximum atomic E-state index is 11.2. The van der Waals surface area contributed by atoms with E-state index in [4.69, 9.17) is 4.74 Å². The molecule has 0 aliphatic carbocycles. The molecule has 1 amide bonds. The van der Waals surface area contributed by atoms with Crippen molar-refractivity contribution in [3.8, 4) is 0 Å². The van der Waals surface area contributed by atoms with Gasteiger partial charge in [-0.3, -0.25) is 4.79 Å². The van der Waals surface area contributed by atoms with E-state index in [9.17, 15) is 4.79 Å². The largest absolute Gasteiger partial charge is 0.384 e. The van der Waals surface area contributed by atoms with Gasteiger partial charge in [0.25, 0.3) is 0 Å². The summed E-state index contributed by atoms with van der Waals surface area (Å²) in [4.78, 5) is 13.1. The molecule has 76 valence electrons. The molecule has 3 nitrogen and oxygen atoms in total. The molecule has 0 spiro atoms. The van der Waals surface area contributed by atoms with Crippen LogP contribution in [-0.4, -0.2) is 43.4 Å². The fourth-order valence-electron chi connectivity index (χ4n) is 1.68. The highest BCUT2D eigenvalue weighted by molar-refractivity contribution is 7.81. The van der Waals surface area contributed by atoms with Crippen LogP contribution in [0.15, 0.2) is 0 Å². The molecule has 0 bridgehead atoms. The third kappa shape index (κ3) is 3.19. The highest BCUT2D eigenvalue weighted by Gasteiger charge is 2.21. The predicted octanol–water partition coefficient (Wildman–Crippen LogP) is 0.801. The number of carbonyl (C=O) groups excluding carboxylic acids is 1. The molecule has 0 unspecified atom stereocenters. The highest BCUT2D eigenvalue weighted by atomic mass is 32.1. The van der Waals surface area contributed by atoms with Crippen molar-refractivity contribution in [1.29, 1.82) is 0 Å². The molecule has 0 atom stereocenters. The van der Waals surface area contributed by atoms with Gasteiger partial charge in [-0.25, -0.2) is 0 Å². The van der Waals surface area contributed by atoms with Crippen LogP contribution < -0.4 is 0 Å². The molecule has 1 aliphatic heterocycles. The lowest BCUT2D eigenvalue weighted by atomic mass is 9.98. The first-order valence-corrected chi connectivity index (χ1v) is 5.28. The monoisotopic (exact) mass is 203 g/mol. The minimum Gasteiger partial charge on any atom is -0.384 e. The van der Waals surface area contributed by atoms with E-state index in [-0.39, 0.29) is 5.91 Å². The number of carbonyl (C=O) groups is 1. The Morgan fingerprint density at radius 1 is 1.54 bits per heavy atom. The number of methoxy groups -OCH3 is 1. The number of amides is 1. The van der Waals surface area contributed by atoms with Crippen molar-refractivity contribution in [2.45, 2.75) is 12.8 Å². The van der Waals surface area contributed by atoms with Crippen molar-refractivity contribution < 1.29 is 9.53 Å². The van der Waals surface area contributed by atoms with Gasteiger partial charge < -0.3 is 9.64 Å². The predicted molar refractivity (Wildman–Crippen MR) is 55.0 cm³/mol. The summed E-state index contributed by atoms with van der Waals surface area (Å²) in [5.74, 6) is 1.11. The summed E-state index contributed by atoms with van der Waals surface area (Å²) in [5, 5.41) is 0. The first-order valence-electron chi connectivity index (χ1n) is 4.65. The lowest BCUT2D eigenvalue weighted by Crippen LogP contribution is -2.39. The molecule has 1 saturated heterocycles. The number of hydrogen-bond donors (Lipinski definition) is 1. The maximum Gasteiger partial charge on any atom is 0.232 e. The normalized spacial score (nSPS) is 19.1. The zero-order valence-electron chi connectivity index (χ0n) is 8.03. The van der Waals surface area contributed by atoms with Crippen molar-refractivity contribution in [2.75, 3.05) is 32.6 Å². The summed E-state index contributed by atoms with van der Waals surface area (Å²) in [5.41, 5.74) is 0. The van der Waals surface area contributed by atoms with E-state index in [2.05, 4.69) is 12.6 Å². The van der Waals surface area contributed by atoms with Crippen LogP contribution in [0, 0.1) is 5.92 Å². The molecule has 1 rings (SSSR count). The summed E-state index contributed by atoms with van der Waals surface area (Å²) >= 11 is 3.97. The van der Waals surface area contributed by atoms with Crippen LogP contribution in [-0.2, 0) is 9.53 Å².